The zero-order chi connectivity index (χ0) is 18.2. The number of piperidine rings is 1. The molecule has 0 unspecified atom stereocenters. The minimum absolute atomic E-state index is 0.0366. The average Bonchev–Trinajstić information content (AvgIpc) is 2.69. The second-order valence-corrected chi connectivity index (χ2v) is 7.26. The Morgan fingerprint density at radius 3 is 2.38 bits per heavy atom. The van der Waals surface area contributed by atoms with E-state index in [9.17, 15) is 4.79 Å². The third-order valence-electron chi connectivity index (χ3n) is 5.26. The summed E-state index contributed by atoms with van der Waals surface area (Å²) in [5.74, 6) is 0.780. The van der Waals surface area contributed by atoms with Crippen molar-refractivity contribution in [2.45, 2.75) is 25.8 Å². The Morgan fingerprint density at radius 2 is 1.73 bits per heavy atom. The van der Waals surface area contributed by atoms with Gasteiger partial charge in [-0.1, -0.05) is 48.5 Å². The highest BCUT2D eigenvalue weighted by molar-refractivity contribution is 5.94. The Kier molecular flexibility index (Phi) is 6.62. The fraction of sp³-hybridized carbons (Fsp3) is 0.348. The first-order valence-corrected chi connectivity index (χ1v) is 9.60. The van der Waals surface area contributed by atoms with E-state index in [4.69, 9.17) is 0 Å². The molecule has 1 fully saturated rings. The summed E-state index contributed by atoms with van der Waals surface area (Å²) in [5.41, 5.74) is 3.49. The second-order valence-electron chi connectivity index (χ2n) is 7.26. The van der Waals surface area contributed by atoms with Gasteiger partial charge in [0.05, 0.1) is 13.1 Å². The Morgan fingerprint density at radius 1 is 1.04 bits per heavy atom. The summed E-state index contributed by atoms with van der Waals surface area (Å²) in [6, 6.07) is 18.9. The quantitative estimate of drug-likeness (QED) is 0.741. The molecule has 1 amide bonds. The lowest BCUT2D eigenvalue weighted by atomic mass is 9.90. The third-order valence-corrected chi connectivity index (χ3v) is 5.26. The second kappa shape index (κ2) is 9.35. The fourth-order valence-corrected chi connectivity index (χ4v) is 3.74. The summed E-state index contributed by atoms with van der Waals surface area (Å²) < 4.78 is 0. The lowest BCUT2D eigenvalue weighted by Gasteiger charge is -2.29. The van der Waals surface area contributed by atoms with Crippen molar-refractivity contribution in [2.24, 2.45) is 5.92 Å². The lowest BCUT2D eigenvalue weighted by Crippen LogP contribution is -3.11. The number of hydrogen-bond acceptors (Lipinski definition) is 1. The normalized spacial score (nSPS) is 19.7. The van der Waals surface area contributed by atoms with Crippen LogP contribution in [0.4, 0.5) is 0 Å². The summed E-state index contributed by atoms with van der Waals surface area (Å²) >= 11 is 0. The standard InChI is InChI=1S/C23H28N2O/c1-2-14-24-23(26)22-10-8-21(9-11-22)18-25-15-12-20(13-16-25)17-19-6-4-3-5-7-19/h2-11,20H,1,12-18H2,(H,24,26)/p+1. The predicted octanol–water partition coefficient (Wildman–Crippen LogP) is 2.64. The number of rotatable bonds is 7. The van der Waals surface area contributed by atoms with E-state index >= 15 is 0 Å². The first kappa shape index (κ1) is 18.4. The summed E-state index contributed by atoms with van der Waals surface area (Å²) in [7, 11) is 0. The Bertz CT molecular complexity index is 701. The van der Waals surface area contributed by atoms with Crippen molar-refractivity contribution >= 4 is 5.91 Å². The molecular weight excluding hydrogens is 320 g/mol. The van der Waals surface area contributed by atoms with Gasteiger partial charge in [0.25, 0.3) is 5.91 Å². The molecule has 3 rings (SSSR count). The van der Waals surface area contributed by atoms with Crippen LogP contribution >= 0.6 is 0 Å². The largest absolute Gasteiger partial charge is 0.349 e. The van der Waals surface area contributed by atoms with Gasteiger partial charge >= 0.3 is 0 Å². The maximum absolute atomic E-state index is 11.9. The van der Waals surface area contributed by atoms with E-state index < -0.39 is 0 Å². The van der Waals surface area contributed by atoms with E-state index in [2.05, 4.69) is 54.4 Å². The van der Waals surface area contributed by atoms with Gasteiger partial charge in [0.15, 0.2) is 0 Å². The number of nitrogens with one attached hydrogen (secondary N) is 2. The Labute approximate surface area is 156 Å². The number of likely N-dealkylation sites (tertiary alicyclic amines) is 1. The monoisotopic (exact) mass is 349 g/mol. The smallest absolute Gasteiger partial charge is 0.251 e. The van der Waals surface area contributed by atoms with Crippen LogP contribution in [-0.4, -0.2) is 25.5 Å². The zero-order valence-electron chi connectivity index (χ0n) is 15.4. The minimum Gasteiger partial charge on any atom is -0.349 e. The molecule has 3 nitrogen and oxygen atoms in total. The Hall–Kier alpha value is -2.39. The number of hydrogen-bond donors (Lipinski definition) is 2. The molecule has 2 aromatic rings. The molecule has 0 spiro atoms. The molecule has 1 aliphatic heterocycles. The zero-order valence-corrected chi connectivity index (χ0v) is 15.4. The summed E-state index contributed by atoms with van der Waals surface area (Å²) in [6.07, 6.45) is 5.50. The number of quaternary nitrogens is 1. The van der Waals surface area contributed by atoms with Crippen molar-refractivity contribution < 1.29 is 9.69 Å². The maximum atomic E-state index is 11.9. The first-order valence-electron chi connectivity index (χ1n) is 9.60. The van der Waals surface area contributed by atoms with Crippen molar-refractivity contribution in [2.75, 3.05) is 19.6 Å². The molecule has 0 aromatic heterocycles. The van der Waals surface area contributed by atoms with Gasteiger partial charge in [-0.2, -0.15) is 0 Å². The van der Waals surface area contributed by atoms with Crippen molar-refractivity contribution in [1.29, 1.82) is 0 Å². The van der Waals surface area contributed by atoms with Crippen LogP contribution in [0.15, 0.2) is 67.3 Å². The van der Waals surface area contributed by atoms with Gasteiger partial charge in [-0.25, -0.2) is 0 Å². The van der Waals surface area contributed by atoms with Crippen molar-refractivity contribution in [3.05, 3.63) is 83.9 Å². The van der Waals surface area contributed by atoms with E-state index in [0.29, 0.717) is 12.1 Å². The SMILES string of the molecule is C=CCNC(=O)c1ccc(C[NH+]2CCC(Cc3ccccc3)CC2)cc1. The molecule has 26 heavy (non-hydrogen) atoms. The van der Waals surface area contributed by atoms with Gasteiger partial charge in [-0.15, -0.1) is 6.58 Å². The molecule has 1 aliphatic rings. The number of carbonyl (C=O) groups excluding carboxylic acids is 1. The van der Waals surface area contributed by atoms with Crippen LogP contribution < -0.4 is 10.2 Å². The topological polar surface area (TPSA) is 33.5 Å². The van der Waals surface area contributed by atoms with Gasteiger partial charge in [0.1, 0.15) is 6.54 Å². The van der Waals surface area contributed by atoms with Crippen molar-refractivity contribution in [1.82, 2.24) is 5.32 Å². The van der Waals surface area contributed by atoms with Gasteiger partial charge in [-0.3, -0.25) is 4.79 Å². The van der Waals surface area contributed by atoms with Crippen LogP contribution in [0.25, 0.3) is 0 Å². The summed E-state index contributed by atoms with van der Waals surface area (Å²) in [6.45, 7) is 7.64. The number of amides is 1. The third kappa shape index (κ3) is 5.30. The fourth-order valence-electron chi connectivity index (χ4n) is 3.74. The molecule has 2 aromatic carbocycles. The maximum Gasteiger partial charge on any atom is 0.251 e. The number of carbonyl (C=O) groups is 1. The van der Waals surface area contributed by atoms with E-state index in [0.717, 1.165) is 12.5 Å². The van der Waals surface area contributed by atoms with Crippen LogP contribution in [0.3, 0.4) is 0 Å². The van der Waals surface area contributed by atoms with Crippen LogP contribution in [0.5, 0.6) is 0 Å². The molecule has 136 valence electrons. The molecule has 0 saturated carbocycles. The molecule has 0 atom stereocenters. The molecule has 1 saturated heterocycles. The molecular formula is C23H29N2O+. The molecule has 0 bridgehead atoms. The predicted molar refractivity (Wildman–Crippen MR) is 106 cm³/mol. The molecule has 0 radical (unpaired) electrons. The van der Waals surface area contributed by atoms with Gasteiger partial charge in [0.2, 0.25) is 0 Å². The van der Waals surface area contributed by atoms with E-state index in [-0.39, 0.29) is 5.91 Å². The van der Waals surface area contributed by atoms with Crippen LogP contribution in [0.2, 0.25) is 0 Å². The first-order chi connectivity index (χ1) is 12.7. The highest BCUT2D eigenvalue weighted by Crippen LogP contribution is 2.16. The van der Waals surface area contributed by atoms with E-state index in [1.54, 1.807) is 11.0 Å². The molecule has 1 heterocycles. The highest BCUT2D eigenvalue weighted by Gasteiger charge is 2.22. The average molecular weight is 349 g/mol. The molecule has 2 N–H and O–H groups in total. The van der Waals surface area contributed by atoms with E-state index in [1.807, 2.05) is 12.1 Å². The van der Waals surface area contributed by atoms with Crippen molar-refractivity contribution in [3.63, 3.8) is 0 Å². The van der Waals surface area contributed by atoms with Crippen LogP contribution in [0.1, 0.15) is 34.3 Å². The summed E-state index contributed by atoms with van der Waals surface area (Å²) in [5, 5.41) is 2.81. The van der Waals surface area contributed by atoms with Crippen molar-refractivity contribution in [3.8, 4) is 0 Å². The van der Waals surface area contributed by atoms with Gasteiger partial charge in [0, 0.05) is 17.7 Å². The Balaban J connectivity index is 1.45. The van der Waals surface area contributed by atoms with E-state index in [1.165, 1.54) is 43.5 Å². The van der Waals surface area contributed by atoms with Gasteiger partial charge < -0.3 is 10.2 Å². The molecule has 3 heteroatoms. The van der Waals surface area contributed by atoms with Crippen LogP contribution in [-0.2, 0) is 13.0 Å². The van der Waals surface area contributed by atoms with Gasteiger partial charge in [-0.05, 0) is 42.9 Å². The lowest BCUT2D eigenvalue weighted by molar-refractivity contribution is -0.919. The summed E-state index contributed by atoms with van der Waals surface area (Å²) in [4.78, 5) is 13.6. The minimum atomic E-state index is -0.0366. The number of benzene rings is 2. The molecule has 0 aliphatic carbocycles. The van der Waals surface area contributed by atoms with Crippen LogP contribution in [0, 0.1) is 5.92 Å². The highest BCUT2D eigenvalue weighted by atomic mass is 16.1.